The van der Waals surface area contributed by atoms with Gasteiger partial charge in [0.15, 0.2) is 17.4 Å². The second-order valence-corrected chi connectivity index (χ2v) is 10.0. The fraction of sp³-hybridized carbons (Fsp3) is 0.385. The topological polar surface area (TPSA) is 148 Å². The van der Waals surface area contributed by atoms with E-state index >= 15 is 4.39 Å². The van der Waals surface area contributed by atoms with E-state index in [1.165, 1.54) is 12.1 Å². The highest BCUT2D eigenvalue weighted by atomic mass is 19.2. The smallest absolute Gasteiger partial charge is 0.407 e. The quantitative estimate of drug-likeness (QED) is 0.276. The number of aromatic nitrogens is 7. The highest BCUT2D eigenvalue weighted by Gasteiger charge is 2.22. The number of nitrogen functional groups attached to an aromatic ring is 1. The van der Waals surface area contributed by atoms with Gasteiger partial charge < -0.3 is 20.5 Å². The number of carbonyl (C=O) groups excluding carboxylic acids is 1. The molecule has 0 fully saturated rings. The van der Waals surface area contributed by atoms with E-state index < -0.39 is 23.3 Å². The number of benzene rings is 1. The van der Waals surface area contributed by atoms with Crippen molar-refractivity contribution in [2.75, 3.05) is 18.9 Å². The Hall–Kier alpha value is -4.62. The molecule has 0 aliphatic rings. The molecule has 1 aromatic carbocycles. The average molecular weight is 556 g/mol. The number of aryl methyl sites for hydroxylation is 1. The number of ether oxygens (including phenoxy) is 2. The van der Waals surface area contributed by atoms with E-state index in [4.69, 9.17) is 15.2 Å². The first-order chi connectivity index (χ1) is 19.0. The van der Waals surface area contributed by atoms with Crippen LogP contribution in [0.2, 0.25) is 0 Å². The number of anilines is 1. The zero-order valence-corrected chi connectivity index (χ0v) is 22.7. The lowest BCUT2D eigenvalue weighted by Crippen LogP contribution is -2.33. The van der Waals surface area contributed by atoms with E-state index in [2.05, 4.69) is 30.9 Å². The van der Waals surface area contributed by atoms with Crippen molar-refractivity contribution in [2.24, 2.45) is 7.05 Å². The van der Waals surface area contributed by atoms with Crippen LogP contribution in [0.15, 0.2) is 36.8 Å². The van der Waals surface area contributed by atoms with Gasteiger partial charge in [0.25, 0.3) is 0 Å². The summed E-state index contributed by atoms with van der Waals surface area (Å²) >= 11 is 0. The summed E-state index contributed by atoms with van der Waals surface area (Å²) in [5, 5.41) is 18.3. The fourth-order valence-electron chi connectivity index (χ4n) is 3.79. The Bertz CT molecular complexity index is 1480. The summed E-state index contributed by atoms with van der Waals surface area (Å²) in [5.74, 6) is -2.38. The average Bonchev–Trinajstić information content (AvgIpc) is 3.54. The molecule has 0 bridgehead atoms. The Morgan fingerprint density at radius 2 is 1.90 bits per heavy atom. The number of unbranched alkanes of at least 4 members (excludes halogenated alkanes) is 2. The Morgan fingerprint density at radius 1 is 1.10 bits per heavy atom. The van der Waals surface area contributed by atoms with Gasteiger partial charge in [-0.1, -0.05) is 0 Å². The minimum Gasteiger partial charge on any atom is -0.490 e. The van der Waals surface area contributed by atoms with Crippen LogP contribution >= 0.6 is 0 Å². The third kappa shape index (κ3) is 6.87. The first-order valence-electron chi connectivity index (χ1n) is 12.6. The molecule has 0 aliphatic heterocycles. The molecule has 0 radical (unpaired) electrons. The summed E-state index contributed by atoms with van der Waals surface area (Å²) in [5.41, 5.74) is 7.13. The number of halogens is 2. The van der Waals surface area contributed by atoms with Crippen molar-refractivity contribution in [3.63, 3.8) is 0 Å². The molecule has 0 unspecified atom stereocenters. The minimum atomic E-state index is -1.18. The van der Waals surface area contributed by atoms with Crippen LogP contribution in [0.4, 0.5) is 19.4 Å². The van der Waals surface area contributed by atoms with Crippen molar-refractivity contribution in [3.05, 3.63) is 48.4 Å². The van der Waals surface area contributed by atoms with Gasteiger partial charge in [-0.15, -0.1) is 5.10 Å². The van der Waals surface area contributed by atoms with Crippen LogP contribution in [-0.4, -0.2) is 59.8 Å². The highest BCUT2D eigenvalue weighted by molar-refractivity contribution is 5.76. The Kier molecular flexibility index (Phi) is 8.55. The monoisotopic (exact) mass is 555 g/mol. The van der Waals surface area contributed by atoms with Crippen molar-refractivity contribution >= 4 is 11.9 Å². The highest BCUT2D eigenvalue weighted by Crippen LogP contribution is 2.31. The van der Waals surface area contributed by atoms with E-state index in [9.17, 15) is 9.18 Å². The van der Waals surface area contributed by atoms with E-state index in [1.807, 2.05) is 0 Å². The molecule has 0 saturated heterocycles. The maximum Gasteiger partial charge on any atom is 0.407 e. The number of nitrogens with one attached hydrogen (secondary N) is 1. The number of tetrazole rings is 1. The number of alkyl carbamates (subject to hydrolysis) is 1. The lowest BCUT2D eigenvalue weighted by atomic mass is 10.1. The van der Waals surface area contributed by atoms with E-state index in [0.717, 1.165) is 10.2 Å². The summed E-state index contributed by atoms with van der Waals surface area (Å²) in [6.07, 6.45) is 6.53. The lowest BCUT2D eigenvalue weighted by Gasteiger charge is -2.19. The lowest BCUT2D eigenvalue weighted by molar-refractivity contribution is 0.0527. The summed E-state index contributed by atoms with van der Waals surface area (Å²) in [6, 6.07) is 4.35. The summed E-state index contributed by atoms with van der Waals surface area (Å²) < 4.78 is 43.4. The standard InChI is InChI=1S/C26H31F2N9O3/c1-26(2,3)40-25(38)30-10-6-5-7-11-39-20-9-8-19(21(27)22(20)28)37-24(33-34-35-37)18-12-16(13-31-23(18)29)17-14-32-36(4)15-17/h8-9,12-15H,5-7,10-11H2,1-4H3,(H2,29,31)(H,30,38). The molecular formula is C26H31F2N9O3. The van der Waals surface area contributed by atoms with E-state index in [-0.39, 0.29) is 29.7 Å². The van der Waals surface area contributed by atoms with Crippen molar-refractivity contribution in [2.45, 2.75) is 45.6 Å². The van der Waals surface area contributed by atoms with Crippen molar-refractivity contribution in [3.8, 4) is 34.0 Å². The van der Waals surface area contributed by atoms with Gasteiger partial charge >= 0.3 is 6.09 Å². The molecule has 0 atom stereocenters. The zero-order chi connectivity index (χ0) is 28.9. The predicted octanol–water partition coefficient (Wildman–Crippen LogP) is 4.06. The third-order valence-corrected chi connectivity index (χ3v) is 5.67. The van der Waals surface area contributed by atoms with Gasteiger partial charge in [-0.25, -0.2) is 14.2 Å². The normalized spacial score (nSPS) is 11.4. The van der Waals surface area contributed by atoms with Gasteiger partial charge in [0.1, 0.15) is 17.1 Å². The first-order valence-corrected chi connectivity index (χ1v) is 12.6. The van der Waals surface area contributed by atoms with Crippen LogP contribution in [0, 0.1) is 11.6 Å². The molecule has 12 nitrogen and oxygen atoms in total. The molecule has 14 heteroatoms. The van der Waals surface area contributed by atoms with Crippen LogP contribution in [-0.2, 0) is 11.8 Å². The summed E-state index contributed by atoms with van der Waals surface area (Å²) in [7, 11) is 1.78. The molecule has 4 rings (SSSR count). The number of carbonyl (C=O) groups is 1. The van der Waals surface area contributed by atoms with Crippen LogP contribution in [0.3, 0.4) is 0 Å². The third-order valence-electron chi connectivity index (χ3n) is 5.67. The van der Waals surface area contributed by atoms with Crippen molar-refractivity contribution in [1.82, 2.24) is 40.3 Å². The Labute approximate surface area is 229 Å². The van der Waals surface area contributed by atoms with Gasteiger partial charge in [-0.3, -0.25) is 4.68 Å². The van der Waals surface area contributed by atoms with Crippen LogP contribution in [0.25, 0.3) is 28.2 Å². The van der Waals surface area contributed by atoms with Crippen LogP contribution in [0.1, 0.15) is 40.0 Å². The van der Waals surface area contributed by atoms with Crippen LogP contribution in [0.5, 0.6) is 5.75 Å². The number of hydrogen-bond acceptors (Lipinski definition) is 9. The van der Waals surface area contributed by atoms with E-state index in [1.54, 1.807) is 57.2 Å². The number of rotatable bonds is 10. The molecule has 0 saturated carbocycles. The number of nitrogens with zero attached hydrogens (tertiary/aromatic N) is 7. The minimum absolute atomic E-state index is 0.0858. The molecular weight excluding hydrogens is 524 g/mol. The van der Waals surface area contributed by atoms with Gasteiger partial charge in [0, 0.05) is 37.1 Å². The number of hydrogen-bond donors (Lipinski definition) is 2. The zero-order valence-electron chi connectivity index (χ0n) is 22.7. The second-order valence-electron chi connectivity index (χ2n) is 10.0. The second kappa shape index (κ2) is 12.1. The maximum absolute atomic E-state index is 15.2. The number of pyridine rings is 1. The molecule has 0 aliphatic carbocycles. The fourth-order valence-corrected chi connectivity index (χ4v) is 3.79. The summed E-state index contributed by atoms with van der Waals surface area (Å²) in [6.45, 7) is 5.97. The van der Waals surface area contributed by atoms with Gasteiger partial charge in [-0.05, 0) is 68.7 Å². The molecule has 3 N–H and O–H groups in total. The molecule has 4 aromatic rings. The van der Waals surface area contributed by atoms with Crippen molar-refractivity contribution < 1.29 is 23.0 Å². The molecule has 40 heavy (non-hydrogen) atoms. The van der Waals surface area contributed by atoms with Crippen LogP contribution < -0.4 is 15.8 Å². The molecule has 1 amide bonds. The molecule has 3 heterocycles. The Balaban J connectivity index is 1.39. The SMILES string of the molecule is Cn1cc(-c2cnc(N)c(-c3nnnn3-c3ccc(OCCCCCNC(=O)OC(C)(C)C)c(F)c3F)c2)cn1. The molecule has 3 aromatic heterocycles. The number of amides is 1. The van der Waals surface area contributed by atoms with Gasteiger partial charge in [0.2, 0.25) is 5.82 Å². The largest absolute Gasteiger partial charge is 0.490 e. The number of nitrogens with two attached hydrogens (primary N) is 1. The first kappa shape index (κ1) is 28.4. The molecule has 212 valence electrons. The van der Waals surface area contributed by atoms with Crippen molar-refractivity contribution in [1.29, 1.82) is 0 Å². The van der Waals surface area contributed by atoms with Gasteiger partial charge in [-0.2, -0.15) is 14.2 Å². The summed E-state index contributed by atoms with van der Waals surface area (Å²) in [4.78, 5) is 15.9. The van der Waals surface area contributed by atoms with Gasteiger partial charge in [0.05, 0.1) is 18.4 Å². The van der Waals surface area contributed by atoms with E-state index in [0.29, 0.717) is 36.9 Å². The Morgan fingerprint density at radius 3 is 2.62 bits per heavy atom. The molecule has 0 spiro atoms. The maximum atomic E-state index is 15.2. The predicted molar refractivity (Wildman–Crippen MR) is 142 cm³/mol.